The lowest BCUT2D eigenvalue weighted by Gasteiger charge is -2.10. The van der Waals surface area contributed by atoms with Crippen LogP contribution >= 0.6 is 34.9 Å². The van der Waals surface area contributed by atoms with E-state index in [0.29, 0.717) is 34.2 Å². The fourth-order valence-electron chi connectivity index (χ4n) is 1.90. The van der Waals surface area contributed by atoms with Crippen molar-refractivity contribution in [2.75, 3.05) is 18.5 Å². The molecule has 0 atom stereocenters. The highest BCUT2D eigenvalue weighted by Crippen LogP contribution is 2.34. The lowest BCUT2D eigenvalue weighted by molar-refractivity contribution is 0.333. The van der Waals surface area contributed by atoms with E-state index < -0.39 is 0 Å². The van der Waals surface area contributed by atoms with Gasteiger partial charge in [0.15, 0.2) is 0 Å². The highest BCUT2D eigenvalue weighted by molar-refractivity contribution is 7.00. The SMILES string of the molecule is Clc1cc(Cl)c2nsnc2c1NCCOc1ccccc1. The van der Waals surface area contributed by atoms with E-state index >= 15 is 0 Å². The molecule has 0 amide bonds. The van der Waals surface area contributed by atoms with Gasteiger partial charge >= 0.3 is 0 Å². The molecule has 0 fully saturated rings. The van der Waals surface area contributed by atoms with Crippen molar-refractivity contribution in [2.45, 2.75) is 0 Å². The van der Waals surface area contributed by atoms with E-state index in [1.54, 1.807) is 6.07 Å². The van der Waals surface area contributed by atoms with E-state index in [4.69, 9.17) is 27.9 Å². The zero-order valence-electron chi connectivity index (χ0n) is 10.8. The van der Waals surface area contributed by atoms with Gasteiger partial charge in [0, 0.05) is 6.54 Å². The minimum absolute atomic E-state index is 0.509. The molecule has 21 heavy (non-hydrogen) atoms. The summed E-state index contributed by atoms with van der Waals surface area (Å²) in [5.41, 5.74) is 2.09. The van der Waals surface area contributed by atoms with Crippen LogP contribution in [0, 0.1) is 0 Å². The van der Waals surface area contributed by atoms with Crippen molar-refractivity contribution in [1.29, 1.82) is 0 Å². The fourth-order valence-corrected chi connectivity index (χ4v) is 3.08. The topological polar surface area (TPSA) is 47.0 Å². The predicted molar refractivity (Wildman–Crippen MR) is 87.9 cm³/mol. The zero-order valence-corrected chi connectivity index (χ0v) is 13.2. The number of ether oxygens (including phenoxy) is 1. The first kappa shape index (κ1) is 14.4. The third-order valence-electron chi connectivity index (χ3n) is 2.86. The number of nitrogens with one attached hydrogen (secondary N) is 1. The first-order valence-corrected chi connectivity index (χ1v) is 7.76. The summed E-state index contributed by atoms with van der Waals surface area (Å²) in [7, 11) is 0. The highest BCUT2D eigenvalue weighted by Gasteiger charge is 2.13. The third-order valence-corrected chi connectivity index (χ3v) is 3.97. The monoisotopic (exact) mass is 339 g/mol. The van der Waals surface area contributed by atoms with Crippen LogP contribution in [0.3, 0.4) is 0 Å². The molecule has 0 spiro atoms. The average Bonchev–Trinajstić information content (AvgIpc) is 2.97. The van der Waals surface area contributed by atoms with Gasteiger partial charge in [0.2, 0.25) is 0 Å². The summed E-state index contributed by atoms with van der Waals surface area (Å²) >= 11 is 13.4. The molecule has 0 radical (unpaired) electrons. The van der Waals surface area contributed by atoms with Gasteiger partial charge in [-0.05, 0) is 18.2 Å². The van der Waals surface area contributed by atoms with E-state index in [2.05, 4.69) is 14.1 Å². The van der Waals surface area contributed by atoms with E-state index in [9.17, 15) is 0 Å². The van der Waals surface area contributed by atoms with Crippen LogP contribution in [-0.4, -0.2) is 21.9 Å². The van der Waals surface area contributed by atoms with Gasteiger partial charge in [-0.15, -0.1) is 0 Å². The first-order valence-electron chi connectivity index (χ1n) is 6.27. The Morgan fingerprint density at radius 3 is 2.62 bits per heavy atom. The number of rotatable bonds is 5. The second-order valence-electron chi connectivity index (χ2n) is 4.26. The number of halogens is 2. The van der Waals surface area contributed by atoms with E-state index in [0.717, 1.165) is 23.2 Å². The molecule has 7 heteroatoms. The summed E-state index contributed by atoms with van der Waals surface area (Å²) in [6, 6.07) is 11.3. The first-order chi connectivity index (χ1) is 10.3. The number of nitrogens with zero attached hydrogens (tertiary/aromatic N) is 2. The Morgan fingerprint density at radius 2 is 1.81 bits per heavy atom. The quantitative estimate of drug-likeness (QED) is 0.695. The predicted octanol–water partition coefficient (Wildman–Crippen LogP) is 4.49. The summed E-state index contributed by atoms with van der Waals surface area (Å²) in [6.07, 6.45) is 0. The number of anilines is 1. The smallest absolute Gasteiger partial charge is 0.130 e. The van der Waals surface area contributed by atoms with Crippen LogP contribution < -0.4 is 10.1 Å². The second-order valence-corrected chi connectivity index (χ2v) is 5.61. The van der Waals surface area contributed by atoms with Crippen molar-refractivity contribution >= 4 is 51.7 Å². The zero-order chi connectivity index (χ0) is 14.7. The summed E-state index contributed by atoms with van der Waals surface area (Å²) in [5.74, 6) is 0.835. The molecule has 0 unspecified atom stereocenters. The lowest BCUT2D eigenvalue weighted by atomic mass is 10.2. The van der Waals surface area contributed by atoms with E-state index in [1.807, 2.05) is 30.3 Å². The third kappa shape index (κ3) is 3.20. The average molecular weight is 340 g/mol. The molecule has 0 aliphatic heterocycles. The Bertz CT molecular complexity index is 749. The Morgan fingerprint density at radius 1 is 1.05 bits per heavy atom. The van der Waals surface area contributed by atoms with E-state index in [-0.39, 0.29) is 0 Å². The number of benzene rings is 2. The largest absolute Gasteiger partial charge is 0.492 e. The molecule has 3 rings (SSSR count). The summed E-state index contributed by atoms with van der Waals surface area (Å²) in [6.45, 7) is 1.12. The molecule has 0 aliphatic carbocycles. The van der Waals surface area contributed by atoms with Gasteiger partial charge in [-0.2, -0.15) is 8.75 Å². The van der Waals surface area contributed by atoms with E-state index in [1.165, 1.54) is 0 Å². The maximum atomic E-state index is 6.21. The van der Waals surface area contributed by atoms with Gasteiger partial charge in [0.05, 0.1) is 27.5 Å². The normalized spacial score (nSPS) is 10.8. The summed E-state index contributed by atoms with van der Waals surface area (Å²) in [4.78, 5) is 0. The Labute approximate surface area is 136 Å². The molecular formula is C14H11Cl2N3OS. The molecule has 1 aromatic heterocycles. The van der Waals surface area contributed by atoms with Gasteiger partial charge in [-0.3, -0.25) is 0 Å². The number of aromatic nitrogens is 2. The minimum atomic E-state index is 0.509. The molecule has 0 bridgehead atoms. The maximum absolute atomic E-state index is 6.21. The minimum Gasteiger partial charge on any atom is -0.492 e. The molecule has 108 valence electrons. The Balaban J connectivity index is 1.67. The molecule has 1 N–H and O–H groups in total. The summed E-state index contributed by atoms with van der Waals surface area (Å²) < 4.78 is 14.0. The molecule has 3 aromatic rings. The molecular weight excluding hydrogens is 329 g/mol. The van der Waals surface area contributed by atoms with Crippen LogP contribution in [0.1, 0.15) is 0 Å². The molecule has 4 nitrogen and oxygen atoms in total. The van der Waals surface area contributed by atoms with Crippen molar-refractivity contribution < 1.29 is 4.74 Å². The van der Waals surface area contributed by atoms with Crippen molar-refractivity contribution in [3.8, 4) is 5.75 Å². The standard InChI is InChI=1S/C14H11Cl2N3OS/c15-10-8-11(16)13-14(19-21-18-13)12(10)17-6-7-20-9-4-2-1-3-5-9/h1-5,8,17H,6-7H2. The molecule has 1 heterocycles. The second kappa shape index (κ2) is 6.47. The number of fused-ring (bicyclic) bond motifs is 1. The number of para-hydroxylation sites is 1. The van der Waals surface area contributed by atoms with Crippen molar-refractivity contribution in [1.82, 2.24) is 8.75 Å². The van der Waals surface area contributed by atoms with Crippen molar-refractivity contribution in [2.24, 2.45) is 0 Å². The van der Waals surface area contributed by atoms with Gasteiger partial charge in [0.25, 0.3) is 0 Å². The van der Waals surface area contributed by atoms with Crippen LogP contribution in [0.25, 0.3) is 11.0 Å². The van der Waals surface area contributed by atoms with Crippen molar-refractivity contribution in [3.63, 3.8) is 0 Å². The van der Waals surface area contributed by atoms with Gasteiger partial charge in [-0.25, -0.2) is 0 Å². The van der Waals surface area contributed by atoms with Crippen LogP contribution in [0.4, 0.5) is 5.69 Å². The number of hydrogen-bond donors (Lipinski definition) is 1. The van der Waals surface area contributed by atoms with Crippen LogP contribution in [0.2, 0.25) is 10.0 Å². The van der Waals surface area contributed by atoms with Crippen LogP contribution in [-0.2, 0) is 0 Å². The van der Waals surface area contributed by atoms with Crippen LogP contribution in [0.5, 0.6) is 5.75 Å². The van der Waals surface area contributed by atoms with Crippen LogP contribution in [0.15, 0.2) is 36.4 Å². The van der Waals surface area contributed by atoms with Gasteiger partial charge in [0.1, 0.15) is 23.4 Å². The number of hydrogen-bond acceptors (Lipinski definition) is 5. The maximum Gasteiger partial charge on any atom is 0.130 e. The van der Waals surface area contributed by atoms with Crippen molar-refractivity contribution in [3.05, 3.63) is 46.4 Å². The molecule has 0 saturated carbocycles. The molecule has 2 aromatic carbocycles. The molecule has 0 saturated heterocycles. The Hall–Kier alpha value is -1.56. The molecule has 0 aliphatic rings. The van der Waals surface area contributed by atoms with Gasteiger partial charge < -0.3 is 10.1 Å². The fraction of sp³-hybridized carbons (Fsp3) is 0.143. The highest BCUT2D eigenvalue weighted by atomic mass is 35.5. The Kier molecular flexibility index (Phi) is 4.43. The lowest BCUT2D eigenvalue weighted by Crippen LogP contribution is -2.12. The summed E-state index contributed by atoms with van der Waals surface area (Å²) in [5, 5.41) is 4.26. The van der Waals surface area contributed by atoms with Gasteiger partial charge in [-0.1, -0.05) is 41.4 Å².